The zero-order valence-electron chi connectivity index (χ0n) is 8.57. The Morgan fingerprint density at radius 1 is 1.12 bits per heavy atom. The topological polar surface area (TPSA) is 44.0 Å². The van der Waals surface area contributed by atoms with E-state index < -0.39 is 0 Å². The number of hydrogen-bond acceptors (Lipinski definition) is 2. The van der Waals surface area contributed by atoms with Crippen LogP contribution in [0.3, 0.4) is 0 Å². The summed E-state index contributed by atoms with van der Waals surface area (Å²) in [6, 6.07) is 13.2. The summed E-state index contributed by atoms with van der Waals surface area (Å²) in [4.78, 5) is 0. The first kappa shape index (κ1) is 10.1. The van der Waals surface area contributed by atoms with Crippen LogP contribution in [-0.2, 0) is 0 Å². The van der Waals surface area contributed by atoms with E-state index in [9.17, 15) is 5.11 Å². The molecule has 0 aromatic heterocycles. The minimum Gasteiger partial charge on any atom is -0.506 e. The number of phenolic OH excluding ortho intramolecular Hbond substituents is 1. The van der Waals surface area contributed by atoms with Crippen molar-refractivity contribution in [2.45, 2.75) is 6.42 Å². The Kier molecular flexibility index (Phi) is 2.76. The number of nitrogens with zero attached hydrogens (tertiary/aromatic N) is 1. The molecule has 0 amide bonds. The van der Waals surface area contributed by atoms with E-state index in [4.69, 9.17) is 5.26 Å². The lowest BCUT2D eigenvalue weighted by Crippen LogP contribution is -1.79. The summed E-state index contributed by atoms with van der Waals surface area (Å²) in [5, 5.41) is 20.1. The molecule has 2 aromatic carbocycles. The highest BCUT2D eigenvalue weighted by Gasteiger charge is 2.02. The highest BCUT2D eigenvalue weighted by Crippen LogP contribution is 2.27. The second kappa shape index (κ2) is 4.38. The van der Waals surface area contributed by atoms with Crippen LogP contribution in [0, 0.1) is 23.2 Å². The van der Waals surface area contributed by atoms with E-state index in [2.05, 4.69) is 11.8 Å². The first-order valence-electron chi connectivity index (χ1n) is 4.89. The molecule has 0 bridgehead atoms. The molecule has 16 heavy (non-hydrogen) atoms. The van der Waals surface area contributed by atoms with Gasteiger partial charge in [0.25, 0.3) is 0 Å². The van der Waals surface area contributed by atoms with Crippen LogP contribution in [0.15, 0.2) is 36.4 Å². The van der Waals surface area contributed by atoms with Crippen molar-refractivity contribution in [3.05, 3.63) is 42.0 Å². The van der Waals surface area contributed by atoms with Crippen molar-refractivity contribution >= 4 is 10.8 Å². The fraction of sp³-hybridized carbons (Fsp3) is 0.0714. The third-order valence-corrected chi connectivity index (χ3v) is 2.29. The van der Waals surface area contributed by atoms with E-state index >= 15 is 0 Å². The van der Waals surface area contributed by atoms with Gasteiger partial charge in [-0.3, -0.25) is 0 Å². The summed E-state index contributed by atoms with van der Waals surface area (Å²) in [5.41, 5.74) is 0.564. The van der Waals surface area contributed by atoms with E-state index in [0.717, 1.165) is 10.8 Å². The zero-order valence-corrected chi connectivity index (χ0v) is 8.57. The largest absolute Gasteiger partial charge is 0.506 e. The lowest BCUT2D eigenvalue weighted by atomic mass is 10.1. The van der Waals surface area contributed by atoms with Crippen molar-refractivity contribution in [3.8, 4) is 23.7 Å². The Bertz CT molecular complexity index is 626. The molecule has 0 saturated carbocycles. The van der Waals surface area contributed by atoms with E-state index in [1.165, 1.54) is 0 Å². The average Bonchev–Trinajstić information content (AvgIpc) is 2.33. The third-order valence-electron chi connectivity index (χ3n) is 2.29. The van der Waals surface area contributed by atoms with E-state index in [-0.39, 0.29) is 12.2 Å². The van der Waals surface area contributed by atoms with Gasteiger partial charge in [0.2, 0.25) is 0 Å². The van der Waals surface area contributed by atoms with Crippen LogP contribution < -0.4 is 0 Å². The first-order valence-corrected chi connectivity index (χ1v) is 4.89. The molecular formula is C14H9NO. The molecular weight excluding hydrogens is 198 g/mol. The SMILES string of the molecule is N#CCC#Cc1ccc2ccccc2c1O. The molecule has 0 aliphatic rings. The lowest BCUT2D eigenvalue weighted by molar-refractivity contribution is 0.480. The van der Waals surface area contributed by atoms with Crippen molar-refractivity contribution in [2.75, 3.05) is 0 Å². The smallest absolute Gasteiger partial charge is 0.139 e. The number of benzene rings is 2. The van der Waals surface area contributed by atoms with Crippen molar-refractivity contribution in [3.63, 3.8) is 0 Å². The van der Waals surface area contributed by atoms with Gasteiger partial charge in [-0.2, -0.15) is 5.26 Å². The van der Waals surface area contributed by atoms with Gasteiger partial charge in [0.15, 0.2) is 0 Å². The van der Waals surface area contributed by atoms with Gasteiger partial charge in [0.05, 0.1) is 18.1 Å². The number of aromatic hydroxyl groups is 1. The summed E-state index contributed by atoms with van der Waals surface area (Å²) in [6.45, 7) is 0. The molecule has 0 aliphatic carbocycles. The molecule has 76 valence electrons. The third kappa shape index (κ3) is 1.82. The summed E-state index contributed by atoms with van der Waals surface area (Å²) < 4.78 is 0. The van der Waals surface area contributed by atoms with Crippen LogP contribution in [0.25, 0.3) is 10.8 Å². The molecule has 0 heterocycles. The molecule has 2 heteroatoms. The number of phenols is 1. The number of fused-ring (bicyclic) bond motifs is 1. The number of hydrogen-bond donors (Lipinski definition) is 1. The average molecular weight is 207 g/mol. The monoisotopic (exact) mass is 207 g/mol. The molecule has 2 rings (SSSR count). The van der Waals surface area contributed by atoms with Gasteiger partial charge in [-0.25, -0.2) is 0 Å². The van der Waals surface area contributed by atoms with Gasteiger partial charge in [-0.15, -0.1) is 0 Å². The predicted octanol–water partition coefficient (Wildman–Crippen LogP) is 2.81. The number of nitriles is 1. The first-order chi connectivity index (χ1) is 7.83. The summed E-state index contributed by atoms with van der Waals surface area (Å²) >= 11 is 0. The predicted molar refractivity (Wildman–Crippen MR) is 62.7 cm³/mol. The molecule has 0 spiro atoms. The molecule has 0 unspecified atom stereocenters. The van der Waals surface area contributed by atoms with E-state index in [0.29, 0.717) is 5.56 Å². The fourth-order valence-corrected chi connectivity index (χ4v) is 1.53. The molecule has 1 N–H and O–H groups in total. The maximum atomic E-state index is 9.96. The van der Waals surface area contributed by atoms with E-state index in [1.807, 2.05) is 36.4 Å². The Morgan fingerprint density at radius 2 is 1.94 bits per heavy atom. The van der Waals surface area contributed by atoms with Gasteiger partial charge >= 0.3 is 0 Å². The van der Waals surface area contributed by atoms with Crippen LogP contribution in [0.1, 0.15) is 12.0 Å². The normalized spacial score (nSPS) is 9.19. The highest BCUT2D eigenvalue weighted by molar-refractivity contribution is 5.90. The Hall–Kier alpha value is -2.45. The van der Waals surface area contributed by atoms with Crippen LogP contribution in [0.2, 0.25) is 0 Å². The molecule has 0 fully saturated rings. The maximum absolute atomic E-state index is 9.96. The second-order valence-electron chi connectivity index (χ2n) is 3.32. The maximum Gasteiger partial charge on any atom is 0.139 e. The summed E-state index contributed by atoms with van der Waals surface area (Å²) in [5.74, 6) is 5.65. The standard InChI is InChI=1S/C14H9NO/c15-10-4-3-6-12-9-8-11-5-1-2-7-13(11)14(12)16/h1-2,5,7-9,16H,4H2. The van der Waals surface area contributed by atoms with Gasteiger partial charge in [-0.05, 0) is 11.5 Å². The van der Waals surface area contributed by atoms with Gasteiger partial charge in [-0.1, -0.05) is 42.2 Å². The van der Waals surface area contributed by atoms with Crippen LogP contribution >= 0.6 is 0 Å². The lowest BCUT2D eigenvalue weighted by Gasteiger charge is -2.02. The minimum atomic E-state index is 0.173. The summed E-state index contributed by atoms with van der Waals surface area (Å²) in [7, 11) is 0. The van der Waals surface area contributed by atoms with Gasteiger partial charge in [0.1, 0.15) is 5.75 Å². The van der Waals surface area contributed by atoms with Crippen molar-refractivity contribution in [1.82, 2.24) is 0 Å². The molecule has 2 aromatic rings. The summed E-state index contributed by atoms with van der Waals surface area (Å²) in [6.07, 6.45) is 0.173. The van der Waals surface area contributed by atoms with Gasteiger partial charge in [0, 0.05) is 5.39 Å². The molecule has 0 saturated heterocycles. The minimum absolute atomic E-state index is 0.173. The van der Waals surface area contributed by atoms with Crippen molar-refractivity contribution in [1.29, 1.82) is 5.26 Å². The van der Waals surface area contributed by atoms with E-state index in [1.54, 1.807) is 6.07 Å². The molecule has 0 radical (unpaired) electrons. The Balaban J connectivity index is 2.55. The van der Waals surface area contributed by atoms with Crippen LogP contribution in [-0.4, -0.2) is 5.11 Å². The molecule has 2 nitrogen and oxygen atoms in total. The van der Waals surface area contributed by atoms with Crippen molar-refractivity contribution in [2.24, 2.45) is 0 Å². The zero-order chi connectivity index (χ0) is 11.4. The van der Waals surface area contributed by atoms with Gasteiger partial charge < -0.3 is 5.11 Å². The quantitative estimate of drug-likeness (QED) is 0.675. The Morgan fingerprint density at radius 3 is 2.75 bits per heavy atom. The van der Waals surface area contributed by atoms with Crippen molar-refractivity contribution < 1.29 is 5.11 Å². The molecule has 0 aliphatic heterocycles. The molecule has 0 atom stereocenters. The highest BCUT2D eigenvalue weighted by atomic mass is 16.3. The fourth-order valence-electron chi connectivity index (χ4n) is 1.53. The Labute approximate surface area is 93.8 Å². The van der Waals surface area contributed by atoms with Crippen LogP contribution in [0.5, 0.6) is 5.75 Å². The van der Waals surface area contributed by atoms with Crippen LogP contribution in [0.4, 0.5) is 0 Å². The number of rotatable bonds is 0. The second-order valence-corrected chi connectivity index (χ2v) is 3.32.